The van der Waals surface area contributed by atoms with Gasteiger partial charge in [0.05, 0.1) is 15.6 Å². The normalized spacial score (nSPS) is 14.1. The quantitative estimate of drug-likeness (QED) is 0.424. The summed E-state index contributed by atoms with van der Waals surface area (Å²) in [6.45, 7) is 3.92. The van der Waals surface area contributed by atoms with E-state index in [2.05, 4.69) is 39.8 Å². The Balaban J connectivity index is 1.51. The number of non-ortho nitro benzene ring substituents is 1. The number of nitro benzene ring substituents is 1. The summed E-state index contributed by atoms with van der Waals surface area (Å²) in [6, 6.07) is 12.6. The molecular weight excluding hydrogens is 384 g/mol. The number of hydrogen-bond acceptors (Lipinski definition) is 4. The molecule has 1 saturated heterocycles. The molecule has 0 aliphatic carbocycles. The highest BCUT2D eigenvalue weighted by Crippen LogP contribution is 2.26. The molecule has 27 heavy (non-hydrogen) atoms. The summed E-state index contributed by atoms with van der Waals surface area (Å²) in [5.74, 6) is 0. The summed E-state index contributed by atoms with van der Waals surface area (Å²) >= 11 is 11.3. The van der Waals surface area contributed by atoms with E-state index < -0.39 is 4.92 Å². The van der Waals surface area contributed by atoms with Gasteiger partial charge in [-0.05, 0) is 55.3 Å². The topological polar surface area (TPSA) is 70.4 Å². The van der Waals surface area contributed by atoms with Gasteiger partial charge in [0.15, 0.2) is 5.11 Å². The number of nitrogens with zero attached hydrogens (tertiary/aromatic N) is 2. The van der Waals surface area contributed by atoms with Gasteiger partial charge in [-0.3, -0.25) is 15.0 Å². The second kappa shape index (κ2) is 9.12. The monoisotopic (exact) mass is 404 g/mol. The van der Waals surface area contributed by atoms with Crippen LogP contribution in [-0.4, -0.2) is 28.0 Å². The Morgan fingerprint density at radius 1 is 1.15 bits per heavy atom. The number of nitrogens with one attached hydrogen (secondary N) is 2. The molecule has 1 aliphatic rings. The standard InChI is InChI=1S/C19H21ClN4O2S/c20-17-8-7-16(24(25)26)11-18(17)22-19(27)21-12-14-3-5-15(6-4-14)13-23-9-1-2-10-23/h3-8,11H,1-2,9-10,12-13H2,(H2,21,22,27). The number of halogens is 1. The molecule has 1 heterocycles. The van der Waals surface area contributed by atoms with Crippen molar-refractivity contribution in [1.29, 1.82) is 0 Å². The summed E-state index contributed by atoms with van der Waals surface area (Å²) in [7, 11) is 0. The fourth-order valence-electron chi connectivity index (χ4n) is 3.03. The van der Waals surface area contributed by atoms with Crippen molar-refractivity contribution in [2.75, 3.05) is 18.4 Å². The lowest BCUT2D eigenvalue weighted by molar-refractivity contribution is -0.384. The zero-order valence-electron chi connectivity index (χ0n) is 14.8. The molecule has 0 unspecified atom stereocenters. The van der Waals surface area contributed by atoms with Crippen LogP contribution in [-0.2, 0) is 13.1 Å². The first kappa shape index (κ1) is 19.5. The molecule has 1 fully saturated rings. The van der Waals surface area contributed by atoms with Gasteiger partial charge in [-0.2, -0.15) is 0 Å². The predicted octanol–water partition coefficient (Wildman–Crippen LogP) is 4.33. The number of rotatable bonds is 6. The van der Waals surface area contributed by atoms with Gasteiger partial charge in [-0.1, -0.05) is 35.9 Å². The molecule has 0 aromatic heterocycles. The van der Waals surface area contributed by atoms with Crippen LogP contribution >= 0.6 is 23.8 Å². The maximum atomic E-state index is 10.9. The number of anilines is 1. The van der Waals surface area contributed by atoms with Crippen LogP contribution in [0.15, 0.2) is 42.5 Å². The zero-order valence-corrected chi connectivity index (χ0v) is 16.4. The van der Waals surface area contributed by atoms with Crippen molar-refractivity contribution in [2.45, 2.75) is 25.9 Å². The van der Waals surface area contributed by atoms with E-state index in [1.807, 2.05) is 0 Å². The largest absolute Gasteiger partial charge is 0.358 e. The van der Waals surface area contributed by atoms with Gasteiger partial charge in [-0.25, -0.2) is 0 Å². The molecule has 0 spiro atoms. The molecule has 0 atom stereocenters. The Hall–Kier alpha value is -2.22. The third-order valence-electron chi connectivity index (χ3n) is 4.49. The molecule has 8 heteroatoms. The molecule has 1 aliphatic heterocycles. The molecule has 2 N–H and O–H groups in total. The average molecular weight is 405 g/mol. The van der Waals surface area contributed by atoms with Crippen molar-refractivity contribution < 1.29 is 4.92 Å². The van der Waals surface area contributed by atoms with Gasteiger partial charge in [0.1, 0.15) is 0 Å². The van der Waals surface area contributed by atoms with E-state index in [0.717, 1.165) is 12.1 Å². The van der Waals surface area contributed by atoms with Crippen molar-refractivity contribution in [1.82, 2.24) is 10.2 Å². The van der Waals surface area contributed by atoms with Crippen molar-refractivity contribution in [3.05, 3.63) is 68.7 Å². The van der Waals surface area contributed by atoms with E-state index in [-0.39, 0.29) is 5.69 Å². The van der Waals surface area contributed by atoms with Crippen molar-refractivity contribution in [3.63, 3.8) is 0 Å². The first-order valence-corrected chi connectivity index (χ1v) is 9.59. The van der Waals surface area contributed by atoms with Crippen LogP contribution < -0.4 is 10.6 Å². The summed E-state index contributed by atoms with van der Waals surface area (Å²) in [6.07, 6.45) is 2.59. The number of likely N-dealkylation sites (tertiary alicyclic amines) is 1. The minimum atomic E-state index is -0.471. The Morgan fingerprint density at radius 3 is 2.48 bits per heavy atom. The summed E-state index contributed by atoms with van der Waals surface area (Å²) in [5.41, 5.74) is 2.78. The molecule has 0 bridgehead atoms. The highest BCUT2D eigenvalue weighted by Gasteiger charge is 2.12. The lowest BCUT2D eigenvalue weighted by Crippen LogP contribution is -2.28. The summed E-state index contributed by atoms with van der Waals surface area (Å²) in [5, 5.41) is 17.6. The highest BCUT2D eigenvalue weighted by atomic mass is 35.5. The lowest BCUT2D eigenvalue weighted by atomic mass is 10.1. The van der Waals surface area contributed by atoms with Gasteiger partial charge < -0.3 is 10.6 Å². The van der Waals surface area contributed by atoms with Gasteiger partial charge in [-0.15, -0.1) is 0 Å². The van der Waals surface area contributed by atoms with Gasteiger partial charge in [0, 0.05) is 25.2 Å². The van der Waals surface area contributed by atoms with Crippen LogP contribution in [0.2, 0.25) is 5.02 Å². The average Bonchev–Trinajstić information content (AvgIpc) is 3.16. The maximum absolute atomic E-state index is 10.9. The van der Waals surface area contributed by atoms with Crippen LogP contribution in [0.3, 0.4) is 0 Å². The van der Waals surface area contributed by atoms with Crippen LogP contribution in [0.1, 0.15) is 24.0 Å². The van der Waals surface area contributed by atoms with E-state index >= 15 is 0 Å². The molecule has 6 nitrogen and oxygen atoms in total. The first-order valence-electron chi connectivity index (χ1n) is 8.80. The maximum Gasteiger partial charge on any atom is 0.271 e. The van der Waals surface area contributed by atoms with Crippen LogP contribution in [0.25, 0.3) is 0 Å². The minimum absolute atomic E-state index is 0.0432. The Labute approximate surface area is 168 Å². The number of hydrogen-bond donors (Lipinski definition) is 2. The van der Waals surface area contributed by atoms with Gasteiger partial charge in [0.2, 0.25) is 0 Å². The fourth-order valence-corrected chi connectivity index (χ4v) is 3.38. The number of benzene rings is 2. The molecule has 0 radical (unpaired) electrons. The lowest BCUT2D eigenvalue weighted by Gasteiger charge is -2.15. The fraction of sp³-hybridized carbons (Fsp3) is 0.316. The summed E-state index contributed by atoms with van der Waals surface area (Å²) < 4.78 is 0. The van der Waals surface area contributed by atoms with E-state index in [9.17, 15) is 10.1 Å². The highest BCUT2D eigenvalue weighted by molar-refractivity contribution is 7.80. The Morgan fingerprint density at radius 2 is 1.81 bits per heavy atom. The number of nitro groups is 1. The van der Waals surface area contributed by atoms with Crippen molar-refractivity contribution in [2.24, 2.45) is 0 Å². The first-order chi connectivity index (χ1) is 13.0. The summed E-state index contributed by atoms with van der Waals surface area (Å²) in [4.78, 5) is 12.9. The Kier molecular flexibility index (Phi) is 6.60. The molecule has 0 saturated carbocycles. The predicted molar refractivity (Wildman–Crippen MR) is 112 cm³/mol. The zero-order chi connectivity index (χ0) is 19.2. The van der Waals surface area contributed by atoms with Crippen molar-refractivity contribution >= 4 is 40.3 Å². The molecule has 3 rings (SSSR count). The van der Waals surface area contributed by atoms with Gasteiger partial charge in [0.25, 0.3) is 5.69 Å². The smallest absolute Gasteiger partial charge is 0.271 e. The molecule has 2 aromatic carbocycles. The third-order valence-corrected chi connectivity index (χ3v) is 5.07. The molecular formula is C19H21ClN4O2S. The van der Waals surface area contributed by atoms with Crippen molar-refractivity contribution in [3.8, 4) is 0 Å². The molecule has 142 valence electrons. The second-order valence-corrected chi connectivity index (χ2v) is 7.34. The minimum Gasteiger partial charge on any atom is -0.358 e. The van der Waals surface area contributed by atoms with E-state index in [0.29, 0.717) is 22.4 Å². The van der Waals surface area contributed by atoms with Crippen LogP contribution in [0.5, 0.6) is 0 Å². The SMILES string of the molecule is O=[N+]([O-])c1ccc(Cl)c(NC(=S)NCc2ccc(CN3CCCC3)cc2)c1. The van der Waals surface area contributed by atoms with Crippen LogP contribution in [0.4, 0.5) is 11.4 Å². The number of thiocarbonyl (C=S) groups is 1. The van der Waals surface area contributed by atoms with E-state index in [1.54, 1.807) is 0 Å². The molecule has 2 aromatic rings. The molecule has 0 amide bonds. The third kappa shape index (κ3) is 5.63. The van der Waals surface area contributed by atoms with Gasteiger partial charge >= 0.3 is 0 Å². The van der Waals surface area contributed by atoms with Crippen LogP contribution in [0, 0.1) is 10.1 Å². The van der Waals surface area contributed by atoms with E-state index in [1.165, 1.54) is 49.7 Å². The second-order valence-electron chi connectivity index (χ2n) is 6.53. The van der Waals surface area contributed by atoms with E-state index in [4.69, 9.17) is 23.8 Å². The Bertz CT molecular complexity index is 823.